The highest BCUT2D eigenvalue weighted by Crippen LogP contribution is 2.48. The molecule has 3 aromatic carbocycles. The van der Waals surface area contributed by atoms with Crippen LogP contribution < -0.4 is 24.3 Å². The van der Waals surface area contributed by atoms with Gasteiger partial charge in [-0.25, -0.2) is 0 Å². The quantitative estimate of drug-likeness (QED) is 0.0587. The summed E-state index contributed by atoms with van der Waals surface area (Å²) in [4.78, 5) is 12.0. The highest BCUT2D eigenvalue weighted by Gasteiger charge is 2.31. The summed E-state index contributed by atoms with van der Waals surface area (Å²) >= 11 is 0. The van der Waals surface area contributed by atoms with E-state index in [0.29, 0.717) is 24.5 Å². The Kier molecular flexibility index (Phi) is 16.6. The molecule has 6 heteroatoms. The van der Waals surface area contributed by atoms with E-state index in [0.717, 1.165) is 77.4 Å². The van der Waals surface area contributed by atoms with Gasteiger partial charge in [-0.05, 0) is 85.8 Å². The van der Waals surface area contributed by atoms with Crippen LogP contribution in [0.15, 0.2) is 79.1 Å². The molecule has 0 saturated heterocycles. The maximum atomic E-state index is 12.0. The van der Waals surface area contributed by atoms with Crippen molar-refractivity contribution in [3.05, 3.63) is 95.8 Å². The zero-order chi connectivity index (χ0) is 36.5. The standard InChI is InChI=1S/C42H55NO5.C2H6/c1-8-12-13-14-26-43-27-28-45-34-19-17-33(18-20-34)41-40(30(5)37-24-23-36(29-38(37)48-41)47-39(44)10-3)32-15-21-35(22-16-32)46-31(6)42(7,11-4)25-9-2;1-2/h15-24,29,41,43H,6,8-14,25-28H2,1-5,7H3;1-2H3/t41-,42?;/m0./s1. The van der Waals surface area contributed by atoms with Gasteiger partial charge in [-0.1, -0.05) is 105 Å². The molecule has 0 spiro atoms. The molecule has 4 rings (SSSR count). The summed E-state index contributed by atoms with van der Waals surface area (Å²) in [6, 6.07) is 22.0. The molecule has 0 fully saturated rings. The molecule has 0 saturated carbocycles. The Morgan fingerprint density at radius 2 is 1.52 bits per heavy atom. The number of benzene rings is 3. The Balaban J connectivity index is 0.00000332. The Bertz CT molecular complexity index is 1520. The van der Waals surface area contributed by atoms with Crippen molar-refractivity contribution in [2.75, 3.05) is 19.7 Å². The van der Waals surface area contributed by atoms with E-state index in [4.69, 9.17) is 18.9 Å². The van der Waals surface area contributed by atoms with Gasteiger partial charge >= 0.3 is 5.97 Å². The summed E-state index contributed by atoms with van der Waals surface area (Å²) in [5, 5.41) is 3.47. The second kappa shape index (κ2) is 20.6. The summed E-state index contributed by atoms with van der Waals surface area (Å²) in [6.45, 7) is 23.5. The zero-order valence-electron chi connectivity index (χ0n) is 32.0. The van der Waals surface area contributed by atoms with E-state index in [2.05, 4.69) is 70.8 Å². The number of hydrogen-bond donors (Lipinski definition) is 1. The Morgan fingerprint density at radius 3 is 2.16 bits per heavy atom. The van der Waals surface area contributed by atoms with Crippen LogP contribution in [0.1, 0.15) is 130 Å². The molecular weight excluding hydrogens is 622 g/mol. The summed E-state index contributed by atoms with van der Waals surface area (Å²) in [5.41, 5.74) is 5.10. The topological polar surface area (TPSA) is 66.0 Å². The van der Waals surface area contributed by atoms with Gasteiger partial charge in [-0.15, -0.1) is 0 Å². The first-order valence-electron chi connectivity index (χ1n) is 18.9. The molecule has 1 N–H and O–H groups in total. The lowest BCUT2D eigenvalue weighted by atomic mass is 9.81. The smallest absolute Gasteiger partial charge is 0.310 e. The van der Waals surface area contributed by atoms with Gasteiger partial charge in [-0.3, -0.25) is 4.79 Å². The lowest BCUT2D eigenvalue weighted by Gasteiger charge is -2.32. The maximum Gasteiger partial charge on any atom is 0.310 e. The van der Waals surface area contributed by atoms with E-state index in [-0.39, 0.29) is 17.5 Å². The first kappa shape index (κ1) is 40.4. The number of ether oxygens (including phenoxy) is 4. The minimum absolute atomic E-state index is 0.0660. The number of rotatable bonds is 19. The molecule has 1 unspecified atom stereocenters. The molecule has 272 valence electrons. The predicted octanol–water partition coefficient (Wildman–Crippen LogP) is 11.8. The van der Waals surface area contributed by atoms with Crippen LogP contribution in [0, 0.1) is 5.41 Å². The lowest BCUT2D eigenvalue weighted by molar-refractivity contribution is -0.134. The largest absolute Gasteiger partial charge is 0.492 e. The molecule has 0 amide bonds. The zero-order valence-corrected chi connectivity index (χ0v) is 32.0. The van der Waals surface area contributed by atoms with E-state index >= 15 is 0 Å². The van der Waals surface area contributed by atoms with Gasteiger partial charge in [0.05, 0.1) is 0 Å². The van der Waals surface area contributed by atoms with Crippen molar-refractivity contribution in [2.45, 2.75) is 113 Å². The van der Waals surface area contributed by atoms with Crippen LogP contribution in [0.5, 0.6) is 23.0 Å². The summed E-state index contributed by atoms with van der Waals surface area (Å²) in [7, 11) is 0. The predicted molar refractivity (Wildman–Crippen MR) is 208 cm³/mol. The monoisotopic (exact) mass is 683 g/mol. The third-order valence-corrected chi connectivity index (χ3v) is 9.39. The SMILES string of the molecule is C=C(Oc1ccc(C2=C(C)c3ccc(OC(=O)CC)cc3O[C@H]2c2ccc(OCCNCCCCCC)cc2)cc1)C(C)(CC)CCC.CC. The average Bonchev–Trinajstić information content (AvgIpc) is 3.14. The van der Waals surface area contributed by atoms with Crippen LogP contribution >= 0.6 is 0 Å². The van der Waals surface area contributed by atoms with Crippen LogP contribution in [0.4, 0.5) is 0 Å². The van der Waals surface area contributed by atoms with Crippen LogP contribution in [0.2, 0.25) is 0 Å². The molecule has 0 radical (unpaired) electrons. The number of allylic oxidation sites excluding steroid dienone is 2. The molecule has 0 bridgehead atoms. The number of carbonyl (C=O) groups is 1. The van der Waals surface area contributed by atoms with Gasteiger partial charge in [0, 0.05) is 35.6 Å². The van der Waals surface area contributed by atoms with E-state index < -0.39 is 0 Å². The minimum Gasteiger partial charge on any atom is -0.492 e. The van der Waals surface area contributed by atoms with Crippen LogP contribution in [0.25, 0.3) is 11.1 Å². The highest BCUT2D eigenvalue weighted by molar-refractivity contribution is 5.95. The van der Waals surface area contributed by atoms with Gasteiger partial charge in [-0.2, -0.15) is 0 Å². The number of nitrogens with one attached hydrogen (secondary N) is 1. The van der Waals surface area contributed by atoms with Crippen molar-refractivity contribution < 1.29 is 23.7 Å². The Labute approximate surface area is 302 Å². The number of fused-ring (bicyclic) bond motifs is 1. The number of carbonyl (C=O) groups excluding carboxylic acids is 1. The van der Waals surface area contributed by atoms with Gasteiger partial charge in [0.25, 0.3) is 0 Å². The van der Waals surface area contributed by atoms with E-state index in [9.17, 15) is 4.79 Å². The van der Waals surface area contributed by atoms with Crippen molar-refractivity contribution in [1.82, 2.24) is 5.32 Å². The van der Waals surface area contributed by atoms with Crippen molar-refractivity contribution in [3.63, 3.8) is 0 Å². The molecule has 2 atom stereocenters. The molecule has 6 nitrogen and oxygen atoms in total. The molecular formula is C44H61NO5. The van der Waals surface area contributed by atoms with Crippen LogP contribution in [-0.2, 0) is 4.79 Å². The molecule has 1 aliphatic rings. The summed E-state index contributed by atoms with van der Waals surface area (Å²) in [6.07, 6.45) is 8.01. The number of hydrogen-bond acceptors (Lipinski definition) is 6. The van der Waals surface area contributed by atoms with E-state index in [1.165, 1.54) is 25.7 Å². The Hall–Kier alpha value is -4.03. The van der Waals surface area contributed by atoms with E-state index in [1.54, 1.807) is 6.92 Å². The molecule has 0 aromatic heterocycles. The van der Waals surface area contributed by atoms with Crippen LogP contribution in [-0.4, -0.2) is 25.7 Å². The minimum atomic E-state index is -0.386. The fraction of sp³-hybridized carbons (Fsp3) is 0.477. The van der Waals surface area contributed by atoms with Crippen molar-refractivity contribution in [1.29, 1.82) is 0 Å². The molecule has 3 aromatic rings. The van der Waals surface area contributed by atoms with Crippen molar-refractivity contribution in [3.8, 4) is 23.0 Å². The van der Waals surface area contributed by atoms with Gasteiger partial charge in [0.2, 0.25) is 0 Å². The second-order valence-electron chi connectivity index (χ2n) is 13.0. The lowest BCUT2D eigenvalue weighted by Crippen LogP contribution is -2.22. The van der Waals surface area contributed by atoms with Gasteiger partial charge in [0.15, 0.2) is 0 Å². The first-order valence-corrected chi connectivity index (χ1v) is 18.9. The molecule has 0 aliphatic carbocycles. The number of unbranched alkanes of at least 4 members (excludes halogenated alkanes) is 3. The Morgan fingerprint density at radius 1 is 0.840 bits per heavy atom. The number of esters is 1. The normalized spacial score (nSPS) is 14.8. The van der Waals surface area contributed by atoms with E-state index in [1.807, 2.05) is 56.3 Å². The van der Waals surface area contributed by atoms with Crippen molar-refractivity contribution >= 4 is 17.1 Å². The molecule has 1 aliphatic heterocycles. The fourth-order valence-corrected chi connectivity index (χ4v) is 6.12. The molecule has 50 heavy (non-hydrogen) atoms. The van der Waals surface area contributed by atoms with Gasteiger partial charge < -0.3 is 24.3 Å². The molecule has 1 heterocycles. The highest BCUT2D eigenvalue weighted by atomic mass is 16.5. The first-order chi connectivity index (χ1) is 24.2. The second-order valence-corrected chi connectivity index (χ2v) is 13.0. The van der Waals surface area contributed by atoms with Crippen molar-refractivity contribution in [2.24, 2.45) is 5.41 Å². The summed E-state index contributed by atoms with van der Waals surface area (Å²) < 4.78 is 24.6. The average molecular weight is 684 g/mol. The van der Waals surface area contributed by atoms with Gasteiger partial charge in [0.1, 0.15) is 41.5 Å². The fourth-order valence-electron chi connectivity index (χ4n) is 6.12. The third kappa shape index (κ3) is 11.0. The summed E-state index contributed by atoms with van der Waals surface area (Å²) in [5.74, 6) is 3.26. The maximum absolute atomic E-state index is 12.0. The van der Waals surface area contributed by atoms with Crippen LogP contribution in [0.3, 0.4) is 0 Å². The third-order valence-electron chi connectivity index (χ3n) is 9.39.